The lowest BCUT2D eigenvalue weighted by molar-refractivity contribution is -0.319. The fourth-order valence-electron chi connectivity index (χ4n) is 3.18. The van der Waals surface area contributed by atoms with E-state index >= 15 is 0 Å². The SMILES string of the molecule is CO[C@H]1O[C@@H](C)[C@@H](OC(=O)c2ccccc2)[C@](C)(OC(C)=O)[C@H]1OC(C)=O. The van der Waals surface area contributed by atoms with Crippen LogP contribution in [0.3, 0.4) is 0 Å². The molecule has 0 unspecified atom stereocenters. The highest BCUT2D eigenvalue weighted by Crippen LogP contribution is 2.37. The summed E-state index contributed by atoms with van der Waals surface area (Å²) in [5.41, 5.74) is -1.19. The summed E-state index contributed by atoms with van der Waals surface area (Å²) in [5, 5.41) is 0. The Hall–Kier alpha value is -2.45. The summed E-state index contributed by atoms with van der Waals surface area (Å²) >= 11 is 0. The fourth-order valence-corrected chi connectivity index (χ4v) is 3.18. The van der Waals surface area contributed by atoms with E-state index in [-0.39, 0.29) is 0 Å². The third kappa shape index (κ3) is 4.64. The largest absolute Gasteiger partial charge is 0.453 e. The molecule has 1 saturated heterocycles. The van der Waals surface area contributed by atoms with E-state index in [4.69, 9.17) is 23.7 Å². The number of benzene rings is 1. The highest BCUT2D eigenvalue weighted by Gasteiger charge is 2.59. The molecule has 8 heteroatoms. The molecule has 0 aliphatic carbocycles. The molecule has 1 heterocycles. The maximum absolute atomic E-state index is 12.6. The number of carbonyl (C=O) groups is 3. The zero-order valence-corrected chi connectivity index (χ0v) is 16.0. The Bertz CT molecular complexity index is 688. The van der Waals surface area contributed by atoms with E-state index in [2.05, 4.69) is 0 Å². The van der Waals surface area contributed by atoms with Crippen LogP contribution in [0.15, 0.2) is 30.3 Å². The van der Waals surface area contributed by atoms with Crippen LogP contribution in [0.25, 0.3) is 0 Å². The van der Waals surface area contributed by atoms with E-state index in [1.807, 2.05) is 0 Å². The lowest BCUT2D eigenvalue weighted by Crippen LogP contribution is -2.68. The van der Waals surface area contributed by atoms with E-state index in [1.165, 1.54) is 27.9 Å². The first-order valence-electron chi connectivity index (χ1n) is 8.50. The molecule has 1 aliphatic rings. The van der Waals surface area contributed by atoms with Crippen molar-refractivity contribution in [3.8, 4) is 0 Å². The smallest absolute Gasteiger partial charge is 0.338 e. The summed E-state index contributed by atoms with van der Waals surface area (Å²) < 4.78 is 27.4. The van der Waals surface area contributed by atoms with Crippen LogP contribution in [-0.4, -0.2) is 55.2 Å². The third-order valence-corrected chi connectivity index (χ3v) is 4.28. The Kier molecular flexibility index (Phi) is 6.56. The highest BCUT2D eigenvalue weighted by molar-refractivity contribution is 5.89. The normalized spacial score (nSPS) is 30.3. The second-order valence-electron chi connectivity index (χ2n) is 6.44. The van der Waals surface area contributed by atoms with E-state index in [9.17, 15) is 14.4 Å². The van der Waals surface area contributed by atoms with E-state index in [0.717, 1.165) is 0 Å². The van der Waals surface area contributed by atoms with Gasteiger partial charge in [0, 0.05) is 21.0 Å². The van der Waals surface area contributed by atoms with Gasteiger partial charge >= 0.3 is 17.9 Å². The van der Waals surface area contributed by atoms with Gasteiger partial charge in [0.15, 0.2) is 24.1 Å². The Morgan fingerprint density at radius 3 is 2.15 bits per heavy atom. The minimum absolute atomic E-state index is 0.327. The fraction of sp³-hybridized carbons (Fsp3) is 0.526. The maximum Gasteiger partial charge on any atom is 0.338 e. The van der Waals surface area contributed by atoms with Crippen LogP contribution < -0.4 is 0 Å². The van der Waals surface area contributed by atoms with Crippen molar-refractivity contribution in [1.82, 2.24) is 0 Å². The highest BCUT2D eigenvalue weighted by atomic mass is 16.7. The van der Waals surface area contributed by atoms with Crippen LogP contribution in [0.5, 0.6) is 0 Å². The zero-order chi connectivity index (χ0) is 20.2. The molecular formula is C19H24O8. The summed E-state index contributed by atoms with van der Waals surface area (Å²) in [4.78, 5) is 35.9. The summed E-state index contributed by atoms with van der Waals surface area (Å²) in [6, 6.07) is 8.37. The molecule has 0 spiro atoms. The van der Waals surface area contributed by atoms with Crippen molar-refractivity contribution < 1.29 is 38.1 Å². The van der Waals surface area contributed by atoms with Crippen molar-refractivity contribution in [2.75, 3.05) is 7.11 Å². The predicted octanol–water partition coefficient (Wildman–Crippen LogP) is 1.86. The number of ether oxygens (including phenoxy) is 5. The molecule has 0 saturated carbocycles. The molecule has 1 aromatic carbocycles. The molecule has 2 rings (SSSR count). The molecule has 148 valence electrons. The monoisotopic (exact) mass is 380 g/mol. The topological polar surface area (TPSA) is 97.4 Å². The summed E-state index contributed by atoms with van der Waals surface area (Å²) in [7, 11) is 1.37. The lowest BCUT2D eigenvalue weighted by Gasteiger charge is -2.49. The van der Waals surface area contributed by atoms with Crippen molar-refractivity contribution in [1.29, 1.82) is 0 Å². The van der Waals surface area contributed by atoms with Gasteiger partial charge in [0.2, 0.25) is 0 Å². The minimum atomic E-state index is -1.51. The van der Waals surface area contributed by atoms with Crippen LogP contribution in [0.2, 0.25) is 0 Å². The number of esters is 3. The van der Waals surface area contributed by atoms with E-state index in [0.29, 0.717) is 5.56 Å². The van der Waals surface area contributed by atoms with Crippen LogP contribution in [0.1, 0.15) is 38.1 Å². The number of methoxy groups -OCH3 is 1. The molecule has 0 bridgehead atoms. The van der Waals surface area contributed by atoms with Gasteiger partial charge in [0.05, 0.1) is 11.7 Å². The number of rotatable bonds is 5. The van der Waals surface area contributed by atoms with Gasteiger partial charge in [-0.1, -0.05) is 18.2 Å². The number of hydrogen-bond donors (Lipinski definition) is 0. The van der Waals surface area contributed by atoms with E-state index in [1.54, 1.807) is 37.3 Å². The van der Waals surface area contributed by atoms with Crippen molar-refractivity contribution in [2.24, 2.45) is 0 Å². The van der Waals surface area contributed by atoms with Gasteiger partial charge in [-0.25, -0.2) is 4.79 Å². The van der Waals surface area contributed by atoms with Gasteiger partial charge in [-0.05, 0) is 26.0 Å². The van der Waals surface area contributed by atoms with Gasteiger partial charge in [0.25, 0.3) is 0 Å². The quantitative estimate of drug-likeness (QED) is 0.564. The second-order valence-corrected chi connectivity index (χ2v) is 6.44. The Morgan fingerprint density at radius 2 is 1.63 bits per heavy atom. The summed E-state index contributed by atoms with van der Waals surface area (Å²) in [6.45, 7) is 5.61. The van der Waals surface area contributed by atoms with Crippen LogP contribution in [-0.2, 0) is 33.3 Å². The van der Waals surface area contributed by atoms with E-state index < -0.39 is 48.1 Å². The summed E-state index contributed by atoms with van der Waals surface area (Å²) in [6.07, 6.45) is -3.86. The molecule has 0 aromatic heterocycles. The number of hydrogen-bond acceptors (Lipinski definition) is 8. The number of carbonyl (C=O) groups excluding carboxylic acids is 3. The predicted molar refractivity (Wildman–Crippen MR) is 92.7 cm³/mol. The van der Waals surface area contributed by atoms with Gasteiger partial charge in [-0.2, -0.15) is 0 Å². The van der Waals surface area contributed by atoms with Gasteiger partial charge in [0.1, 0.15) is 0 Å². The summed E-state index contributed by atoms with van der Waals surface area (Å²) in [5.74, 6) is -1.86. The van der Waals surface area contributed by atoms with Crippen LogP contribution in [0, 0.1) is 0 Å². The zero-order valence-electron chi connectivity index (χ0n) is 16.0. The minimum Gasteiger partial charge on any atom is -0.453 e. The average molecular weight is 380 g/mol. The Labute approximate surface area is 157 Å². The molecule has 0 radical (unpaired) electrons. The maximum atomic E-state index is 12.6. The first kappa shape index (κ1) is 20.9. The second kappa shape index (κ2) is 8.49. The van der Waals surface area contributed by atoms with Gasteiger partial charge in [-0.15, -0.1) is 0 Å². The standard InChI is InChI=1S/C19H24O8/c1-11-15(26-17(22)14-9-7-6-8-10-14)19(4,27-13(3)21)16(25-12(2)20)18(23-5)24-11/h6-11,15-16,18H,1-5H3/t11-,15+,16-,18-,19-/m0/s1. The van der Waals surface area contributed by atoms with Crippen molar-refractivity contribution in [3.05, 3.63) is 35.9 Å². The molecule has 0 N–H and O–H groups in total. The molecule has 1 fully saturated rings. The Balaban J connectivity index is 2.40. The van der Waals surface area contributed by atoms with Crippen molar-refractivity contribution in [2.45, 2.75) is 57.9 Å². The van der Waals surface area contributed by atoms with Crippen LogP contribution in [0.4, 0.5) is 0 Å². The molecular weight excluding hydrogens is 356 g/mol. The third-order valence-electron chi connectivity index (χ3n) is 4.28. The molecule has 0 amide bonds. The molecule has 27 heavy (non-hydrogen) atoms. The van der Waals surface area contributed by atoms with Gasteiger partial charge in [-0.3, -0.25) is 9.59 Å². The van der Waals surface area contributed by atoms with Crippen molar-refractivity contribution >= 4 is 17.9 Å². The molecule has 8 nitrogen and oxygen atoms in total. The first-order chi connectivity index (χ1) is 12.7. The molecule has 1 aliphatic heterocycles. The van der Waals surface area contributed by atoms with Crippen molar-refractivity contribution in [3.63, 3.8) is 0 Å². The van der Waals surface area contributed by atoms with Crippen LogP contribution >= 0.6 is 0 Å². The first-order valence-corrected chi connectivity index (χ1v) is 8.50. The van der Waals surface area contributed by atoms with Gasteiger partial charge < -0.3 is 23.7 Å². The Morgan fingerprint density at radius 1 is 1.00 bits per heavy atom. The average Bonchev–Trinajstić information content (AvgIpc) is 2.60. The molecule has 1 aromatic rings. The lowest BCUT2D eigenvalue weighted by atomic mass is 9.85. The molecule has 5 atom stereocenters.